The maximum atomic E-state index is 11.4. The highest BCUT2D eigenvalue weighted by molar-refractivity contribution is 5.88. The number of nitrogens with zero attached hydrogens (tertiary/aromatic N) is 2. The van der Waals surface area contributed by atoms with E-state index in [1.165, 1.54) is 19.3 Å². The third kappa shape index (κ3) is 3.74. The Labute approximate surface area is 127 Å². The summed E-state index contributed by atoms with van der Waals surface area (Å²) in [6.07, 6.45) is 3.88. The Hall–Kier alpha value is -1.58. The minimum atomic E-state index is -0.885. The van der Waals surface area contributed by atoms with E-state index in [1.54, 1.807) is 12.1 Å². The molecule has 0 atom stereocenters. The van der Waals surface area contributed by atoms with Crippen molar-refractivity contribution >= 4 is 11.8 Å². The van der Waals surface area contributed by atoms with E-state index in [0.29, 0.717) is 5.56 Å². The second-order valence-electron chi connectivity index (χ2n) is 6.99. The van der Waals surface area contributed by atoms with Crippen LogP contribution < -0.4 is 4.90 Å². The van der Waals surface area contributed by atoms with Crippen molar-refractivity contribution < 1.29 is 9.90 Å². The van der Waals surface area contributed by atoms with Crippen LogP contribution in [0.25, 0.3) is 0 Å². The van der Waals surface area contributed by atoms with Gasteiger partial charge in [0.05, 0.1) is 5.56 Å². The molecule has 2 rings (SSSR count). The summed E-state index contributed by atoms with van der Waals surface area (Å²) in [5.41, 5.74) is 1.01. The maximum absolute atomic E-state index is 11.4. The number of aromatic carboxylic acids is 1. The van der Waals surface area contributed by atoms with Gasteiger partial charge in [0.25, 0.3) is 0 Å². The average Bonchev–Trinajstić information content (AvgIpc) is 2.36. The Balaban J connectivity index is 2.35. The number of aromatic nitrogens is 1. The smallest absolute Gasteiger partial charge is 0.335 e. The standard InChI is InChI=1S/C17H26N2O2/c1-5-19(11-12-7-6-8-12)15-10-13(16(20)21)9-14(18-15)17(2,3)4/h9-10,12H,5-8,11H2,1-4H3,(H,20,21). The van der Waals surface area contributed by atoms with Crippen LogP contribution in [0.3, 0.4) is 0 Å². The molecule has 116 valence electrons. The first-order valence-corrected chi connectivity index (χ1v) is 7.82. The molecule has 1 aromatic heterocycles. The Bertz CT molecular complexity index is 516. The molecule has 1 heterocycles. The zero-order chi connectivity index (χ0) is 15.6. The first-order valence-electron chi connectivity index (χ1n) is 7.82. The molecule has 21 heavy (non-hydrogen) atoms. The van der Waals surface area contributed by atoms with Gasteiger partial charge >= 0.3 is 5.97 Å². The van der Waals surface area contributed by atoms with Gasteiger partial charge in [0, 0.05) is 24.2 Å². The quantitative estimate of drug-likeness (QED) is 0.898. The summed E-state index contributed by atoms with van der Waals surface area (Å²) >= 11 is 0. The van der Waals surface area contributed by atoms with Crippen LogP contribution in [0.1, 0.15) is 63.0 Å². The number of pyridine rings is 1. The fourth-order valence-electron chi connectivity index (χ4n) is 2.56. The molecule has 1 aliphatic carbocycles. The van der Waals surface area contributed by atoms with Crippen LogP contribution in [-0.2, 0) is 5.41 Å². The normalized spacial score (nSPS) is 15.6. The van der Waals surface area contributed by atoms with Gasteiger partial charge in [-0.2, -0.15) is 0 Å². The van der Waals surface area contributed by atoms with Gasteiger partial charge in [-0.1, -0.05) is 27.2 Å². The lowest BCUT2D eigenvalue weighted by Crippen LogP contribution is -2.33. The molecule has 0 saturated heterocycles. The van der Waals surface area contributed by atoms with Crippen molar-refractivity contribution in [2.24, 2.45) is 5.92 Å². The zero-order valence-electron chi connectivity index (χ0n) is 13.5. The Morgan fingerprint density at radius 1 is 1.38 bits per heavy atom. The summed E-state index contributed by atoms with van der Waals surface area (Å²) in [5.74, 6) is 0.649. The van der Waals surface area contributed by atoms with Crippen LogP contribution in [-0.4, -0.2) is 29.1 Å². The zero-order valence-corrected chi connectivity index (χ0v) is 13.5. The van der Waals surface area contributed by atoms with E-state index in [2.05, 4.69) is 32.6 Å². The first kappa shape index (κ1) is 15.8. The lowest BCUT2D eigenvalue weighted by atomic mass is 9.85. The second kappa shape index (κ2) is 6.04. The number of hydrogen-bond donors (Lipinski definition) is 1. The highest BCUT2D eigenvalue weighted by atomic mass is 16.4. The number of carboxylic acid groups (broad SMARTS) is 1. The number of carbonyl (C=O) groups is 1. The minimum absolute atomic E-state index is 0.157. The Morgan fingerprint density at radius 2 is 2.05 bits per heavy atom. The Kier molecular flexibility index (Phi) is 4.55. The predicted molar refractivity (Wildman–Crippen MR) is 85.1 cm³/mol. The number of rotatable bonds is 5. The van der Waals surface area contributed by atoms with Gasteiger partial charge in [-0.25, -0.2) is 9.78 Å². The van der Waals surface area contributed by atoms with Crippen LogP contribution in [0.5, 0.6) is 0 Å². The molecular formula is C17H26N2O2. The van der Waals surface area contributed by atoms with Crippen molar-refractivity contribution in [2.45, 2.75) is 52.4 Å². The Morgan fingerprint density at radius 3 is 2.48 bits per heavy atom. The summed E-state index contributed by atoms with van der Waals surface area (Å²) in [6.45, 7) is 10.1. The van der Waals surface area contributed by atoms with Crippen LogP contribution in [0.15, 0.2) is 12.1 Å². The van der Waals surface area contributed by atoms with Gasteiger partial charge in [0.1, 0.15) is 5.82 Å². The molecular weight excluding hydrogens is 264 g/mol. The second-order valence-corrected chi connectivity index (χ2v) is 6.99. The van der Waals surface area contributed by atoms with Gasteiger partial charge in [0.15, 0.2) is 0 Å². The van der Waals surface area contributed by atoms with Crippen LogP contribution in [0, 0.1) is 5.92 Å². The van der Waals surface area contributed by atoms with E-state index >= 15 is 0 Å². The fraction of sp³-hybridized carbons (Fsp3) is 0.647. The topological polar surface area (TPSA) is 53.4 Å². The molecule has 0 amide bonds. The van der Waals surface area contributed by atoms with Gasteiger partial charge in [-0.05, 0) is 37.8 Å². The van der Waals surface area contributed by atoms with Crippen molar-refractivity contribution in [3.05, 3.63) is 23.4 Å². The molecule has 1 aliphatic rings. The van der Waals surface area contributed by atoms with Crippen molar-refractivity contribution in [2.75, 3.05) is 18.0 Å². The van der Waals surface area contributed by atoms with E-state index in [9.17, 15) is 9.90 Å². The van der Waals surface area contributed by atoms with Gasteiger partial charge < -0.3 is 10.0 Å². The van der Waals surface area contributed by atoms with Crippen molar-refractivity contribution in [3.8, 4) is 0 Å². The summed E-state index contributed by atoms with van der Waals surface area (Å²) < 4.78 is 0. The molecule has 1 fully saturated rings. The highest BCUT2D eigenvalue weighted by Crippen LogP contribution is 2.30. The van der Waals surface area contributed by atoms with Crippen LogP contribution in [0.4, 0.5) is 5.82 Å². The molecule has 4 heteroatoms. The molecule has 1 aromatic rings. The molecule has 1 N–H and O–H groups in total. The largest absolute Gasteiger partial charge is 0.478 e. The van der Waals surface area contributed by atoms with Gasteiger partial charge in [0.2, 0.25) is 0 Å². The van der Waals surface area contributed by atoms with E-state index in [4.69, 9.17) is 4.98 Å². The van der Waals surface area contributed by atoms with E-state index in [-0.39, 0.29) is 5.41 Å². The minimum Gasteiger partial charge on any atom is -0.478 e. The lowest BCUT2D eigenvalue weighted by Gasteiger charge is -2.33. The SMILES string of the molecule is CCN(CC1CCC1)c1cc(C(=O)O)cc(C(C)(C)C)n1. The predicted octanol–water partition coefficient (Wildman–Crippen LogP) is 3.70. The maximum Gasteiger partial charge on any atom is 0.335 e. The summed E-state index contributed by atoms with van der Waals surface area (Å²) in [5, 5.41) is 9.35. The lowest BCUT2D eigenvalue weighted by molar-refractivity contribution is 0.0696. The average molecular weight is 290 g/mol. The molecule has 0 radical (unpaired) electrons. The molecule has 0 bridgehead atoms. The summed E-state index contributed by atoms with van der Waals surface area (Å²) in [6, 6.07) is 3.41. The summed E-state index contributed by atoms with van der Waals surface area (Å²) in [7, 11) is 0. The molecule has 0 unspecified atom stereocenters. The van der Waals surface area contributed by atoms with E-state index in [1.807, 2.05) is 0 Å². The third-order valence-corrected chi connectivity index (χ3v) is 4.24. The summed E-state index contributed by atoms with van der Waals surface area (Å²) in [4.78, 5) is 18.3. The number of hydrogen-bond acceptors (Lipinski definition) is 3. The molecule has 0 aromatic carbocycles. The van der Waals surface area contributed by atoms with E-state index in [0.717, 1.165) is 30.5 Å². The van der Waals surface area contributed by atoms with E-state index < -0.39 is 5.97 Å². The van der Waals surface area contributed by atoms with Crippen molar-refractivity contribution in [1.29, 1.82) is 0 Å². The molecule has 0 spiro atoms. The monoisotopic (exact) mass is 290 g/mol. The molecule has 0 aliphatic heterocycles. The molecule has 1 saturated carbocycles. The van der Waals surface area contributed by atoms with Crippen LogP contribution >= 0.6 is 0 Å². The van der Waals surface area contributed by atoms with Crippen LogP contribution in [0.2, 0.25) is 0 Å². The molecule has 4 nitrogen and oxygen atoms in total. The first-order chi connectivity index (χ1) is 9.81. The van der Waals surface area contributed by atoms with Crippen molar-refractivity contribution in [1.82, 2.24) is 4.98 Å². The van der Waals surface area contributed by atoms with Gasteiger partial charge in [-0.15, -0.1) is 0 Å². The number of carboxylic acids is 1. The third-order valence-electron chi connectivity index (χ3n) is 4.24. The number of anilines is 1. The fourth-order valence-corrected chi connectivity index (χ4v) is 2.56. The van der Waals surface area contributed by atoms with Gasteiger partial charge in [-0.3, -0.25) is 0 Å². The highest BCUT2D eigenvalue weighted by Gasteiger charge is 2.24. The van der Waals surface area contributed by atoms with Crippen molar-refractivity contribution in [3.63, 3.8) is 0 Å².